The molecule has 0 aromatic heterocycles. The molecule has 0 aliphatic heterocycles. The lowest BCUT2D eigenvalue weighted by Crippen LogP contribution is -2.13. The van der Waals surface area contributed by atoms with Crippen LogP contribution in [0.2, 0.25) is 5.02 Å². The van der Waals surface area contributed by atoms with Gasteiger partial charge < -0.3 is 10.4 Å². The third kappa shape index (κ3) is 3.32. The first-order valence-corrected chi connectivity index (χ1v) is 6.80. The van der Waals surface area contributed by atoms with Gasteiger partial charge >= 0.3 is 5.69 Å². The Morgan fingerprint density at radius 2 is 2.05 bits per heavy atom. The van der Waals surface area contributed by atoms with Crippen molar-refractivity contribution in [1.82, 2.24) is 0 Å². The van der Waals surface area contributed by atoms with Gasteiger partial charge in [0, 0.05) is 15.6 Å². The van der Waals surface area contributed by atoms with Crippen LogP contribution in [0.5, 0.6) is 5.75 Å². The second kappa shape index (κ2) is 6.11. The zero-order valence-electron chi connectivity index (χ0n) is 10.3. The van der Waals surface area contributed by atoms with E-state index in [1.54, 1.807) is 18.2 Å². The molecular weight excluding hydrogens is 364 g/mol. The van der Waals surface area contributed by atoms with E-state index in [1.165, 1.54) is 12.1 Å². The van der Waals surface area contributed by atoms with Crippen molar-refractivity contribution in [3.05, 3.63) is 61.6 Å². The number of carbonyl (C=O) groups excluding carboxylic acids is 1. The standard InChI is InChI=1S/C13H8BrClN2O4/c14-9-6-7(15)4-5-10(9)16-13(19)8-2-1-3-11(12(8)18)17(20)21/h1-6,18H,(H,16,19). The maximum atomic E-state index is 12.1. The van der Waals surface area contributed by atoms with Crippen LogP contribution in [0.1, 0.15) is 10.4 Å². The third-order valence-electron chi connectivity index (χ3n) is 2.64. The number of hydrogen-bond acceptors (Lipinski definition) is 4. The summed E-state index contributed by atoms with van der Waals surface area (Å²) in [5, 5.41) is 23.5. The van der Waals surface area contributed by atoms with Gasteiger partial charge in [-0.05, 0) is 40.2 Å². The molecule has 2 aromatic carbocycles. The Balaban J connectivity index is 2.33. The van der Waals surface area contributed by atoms with Gasteiger partial charge in [0.1, 0.15) is 0 Å². The SMILES string of the molecule is O=C(Nc1ccc(Cl)cc1Br)c1cccc([N+](=O)[O-])c1O. The lowest BCUT2D eigenvalue weighted by molar-refractivity contribution is -0.385. The van der Waals surface area contributed by atoms with Gasteiger partial charge in [-0.1, -0.05) is 17.7 Å². The number of phenolic OH excluding ortho intramolecular Hbond substituents is 1. The van der Waals surface area contributed by atoms with Crippen LogP contribution in [0.3, 0.4) is 0 Å². The van der Waals surface area contributed by atoms with Gasteiger partial charge in [-0.15, -0.1) is 0 Å². The molecule has 0 spiro atoms. The Kier molecular flexibility index (Phi) is 4.44. The highest BCUT2D eigenvalue weighted by atomic mass is 79.9. The fourth-order valence-electron chi connectivity index (χ4n) is 1.64. The molecule has 0 bridgehead atoms. The summed E-state index contributed by atoms with van der Waals surface area (Å²) in [5.74, 6) is -1.34. The normalized spacial score (nSPS) is 10.2. The number of hydrogen-bond donors (Lipinski definition) is 2. The molecule has 0 atom stereocenters. The van der Waals surface area contributed by atoms with Crippen LogP contribution in [0.15, 0.2) is 40.9 Å². The number of nitro groups is 1. The Bertz CT molecular complexity index is 736. The van der Waals surface area contributed by atoms with E-state index in [1.807, 2.05) is 0 Å². The first-order chi connectivity index (χ1) is 9.90. The number of nitrogens with one attached hydrogen (secondary N) is 1. The molecule has 1 amide bonds. The molecule has 6 nitrogen and oxygen atoms in total. The fourth-order valence-corrected chi connectivity index (χ4v) is 2.42. The Morgan fingerprint density at radius 3 is 2.67 bits per heavy atom. The number of rotatable bonds is 3. The molecule has 21 heavy (non-hydrogen) atoms. The number of benzene rings is 2. The maximum Gasteiger partial charge on any atom is 0.311 e. The average Bonchev–Trinajstić information content (AvgIpc) is 2.41. The maximum absolute atomic E-state index is 12.1. The number of halogens is 2. The Labute approximate surface area is 132 Å². The van der Waals surface area contributed by atoms with Crippen LogP contribution in [0.25, 0.3) is 0 Å². The predicted octanol–water partition coefficient (Wildman–Crippen LogP) is 3.97. The minimum atomic E-state index is -0.760. The van der Waals surface area contributed by atoms with E-state index in [9.17, 15) is 20.0 Å². The van der Waals surface area contributed by atoms with Crippen molar-refractivity contribution < 1.29 is 14.8 Å². The average molecular weight is 372 g/mol. The summed E-state index contributed by atoms with van der Waals surface area (Å²) in [6.45, 7) is 0. The van der Waals surface area contributed by atoms with Crippen LogP contribution >= 0.6 is 27.5 Å². The highest BCUT2D eigenvalue weighted by Crippen LogP contribution is 2.31. The van der Waals surface area contributed by atoms with E-state index in [0.29, 0.717) is 15.2 Å². The van der Waals surface area contributed by atoms with Crippen LogP contribution in [0, 0.1) is 10.1 Å². The van der Waals surface area contributed by atoms with Crippen LogP contribution < -0.4 is 5.32 Å². The number of phenols is 1. The summed E-state index contributed by atoms with van der Waals surface area (Å²) in [6.07, 6.45) is 0. The number of nitrogens with zero attached hydrogens (tertiary/aromatic N) is 1. The minimum absolute atomic E-state index is 0.189. The van der Waals surface area contributed by atoms with Crippen molar-refractivity contribution in [2.24, 2.45) is 0 Å². The topological polar surface area (TPSA) is 92.5 Å². The first-order valence-electron chi connectivity index (χ1n) is 5.63. The van der Waals surface area contributed by atoms with Gasteiger partial charge in [0.25, 0.3) is 5.91 Å². The largest absolute Gasteiger partial charge is 0.502 e. The molecule has 108 valence electrons. The summed E-state index contributed by atoms with van der Waals surface area (Å²) in [6, 6.07) is 8.47. The quantitative estimate of drug-likeness (QED) is 0.631. The number of anilines is 1. The van der Waals surface area contributed by atoms with E-state index < -0.39 is 22.3 Å². The summed E-state index contributed by atoms with van der Waals surface area (Å²) in [7, 11) is 0. The van der Waals surface area contributed by atoms with E-state index >= 15 is 0 Å². The van der Waals surface area contributed by atoms with Gasteiger partial charge in [0.15, 0.2) is 0 Å². The summed E-state index contributed by atoms with van der Waals surface area (Å²) < 4.78 is 0.549. The fraction of sp³-hybridized carbons (Fsp3) is 0. The van der Waals surface area contributed by atoms with E-state index in [2.05, 4.69) is 21.2 Å². The predicted molar refractivity (Wildman–Crippen MR) is 81.9 cm³/mol. The van der Waals surface area contributed by atoms with Crippen molar-refractivity contribution in [2.75, 3.05) is 5.32 Å². The number of aromatic hydroxyl groups is 1. The second-order valence-electron chi connectivity index (χ2n) is 4.01. The minimum Gasteiger partial charge on any atom is -0.502 e. The van der Waals surface area contributed by atoms with Crippen LogP contribution in [0.4, 0.5) is 11.4 Å². The molecule has 2 rings (SSSR count). The Morgan fingerprint density at radius 1 is 1.33 bits per heavy atom. The van der Waals surface area contributed by atoms with Gasteiger partial charge in [0.05, 0.1) is 16.2 Å². The second-order valence-corrected chi connectivity index (χ2v) is 5.30. The van der Waals surface area contributed by atoms with Gasteiger partial charge in [0.2, 0.25) is 5.75 Å². The van der Waals surface area contributed by atoms with Crippen molar-refractivity contribution in [3.63, 3.8) is 0 Å². The molecule has 0 radical (unpaired) electrons. The van der Waals surface area contributed by atoms with E-state index in [0.717, 1.165) is 6.07 Å². The zero-order chi connectivity index (χ0) is 15.6. The number of nitro benzene ring substituents is 1. The summed E-state index contributed by atoms with van der Waals surface area (Å²) >= 11 is 9.03. The highest BCUT2D eigenvalue weighted by Gasteiger charge is 2.21. The molecule has 0 saturated carbocycles. The van der Waals surface area contributed by atoms with Crippen molar-refractivity contribution in [1.29, 1.82) is 0 Å². The van der Waals surface area contributed by atoms with Crippen LogP contribution in [-0.2, 0) is 0 Å². The van der Waals surface area contributed by atoms with Gasteiger partial charge in [-0.2, -0.15) is 0 Å². The summed E-state index contributed by atoms with van der Waals surface area (Å²) in [5.41, 5.74) is -0.292. The van der Waals surface area contributed by atoms with E-state index in [4.69, 9.17) is 11.6 Å². The smallest absolute Gasteiger partial charge is 0.311 e. The molecule has 8 heteroatoms. The molecule has 0 saturated heterocycles. The van der Waals surface area contributed by atoms with Crippen molar-refractivity contribution in [3.8, 4) is 5.75 Å². The lowest BCUT2D eigenvalue weighted by atomic mass is 10.1. The molecule has 0 fully saturated rings. The van der Waals surface area contributed by atoms with Gasteiger partial charge in [-0.25, -0.2) is 0 Å². The summed E-state index contributed by atoms with van der Waals surface area (Å²) in [4.78, 5) is 22.1. The highest BCUT2D eigenvalue weighted by molar-refractivity contribution is 9.10. The number of carbonyl (C=O) groups is 1. The molecule has 2 N–H and O–H groups in total. The Hall–Kier alpha value is -2.12. The third-order valence-corrected chi connectivity index (χ3v) is 3.53. The molecule has 2 aromatic rings. The van der Waals surface area contributed by atoms with Crippen molar-refractivity contribution in [2.45, 2.75) is 0 Å². The molecule has 0 aliphatic carbocycles. The van der Waals surface area contributed by atoms with Crippen molar-refractivity contribution >= 4 is 44.8 Å². The number of para-hydroxylation sites is 1. The van der Waals surface area contributed by atoms with Gasteiger partial charge in [-0.3, -0.25) is 14.9 Å². The molecular formula is C13H8BrClN2O4. The van der Waals surface area contributed by atoms with Crippen LogP contribution in [-0.4, -0.2) is 15.9 Å². The lowest BCUT2D eigenvalue weighted by Gasteiger charge is -2.09. The number of amides is 1. The molecule has 0 unspecified atom stereocenters. The molecule has 0 heterocycles. The zero-order valence-corrected chi connectivity index (χ0v) is 12.7. The van der Waals surface area contributed by atoms with E-state index in [-0.39, 0.29) is 5.56 Å². The first kappa shape index (κ1) is 15.3. The molecule has 0 aliphatic rings. The monoisotopic (exact) mass is 370 g/mol.